The first kappa shape index (κ1) is 17.2. The predicted octanol–water partition coefficient (Wildman–Crippen LogP) is 4.70. The summed E-state index contributed by atoms with van der Waals surface area (Å²) in [5.41, 5.74) is 3.64. The fourth-order valence-electron chi connectivity index (χ4n) is 2.75. The first-order valence-electron chi connectivity index (χ1n) is 8.17. The summed E-state index contributed by atoms with van der Waals surface area (Å²) in [5.74, 6) is 0. The molecule has 0 N–H and O–H groups in total. The highest BCUT2D eigenvalue weighted by Crippen LogP contribution is 2.27. The number of hydrogen-bond donors (Lipinski definition) is 0. The zero-order valence-corrected chi connectivity index (χ0v) is 15.2. The maximum atomic E-state index is 13.3. The minimum absolute atomic E-state index is 0.299. The van der Waals surface area contributed by atoms with Crippen LogP contribution >= 0.6 is 0 Å². The van der Waals surface area contributed by atoms with Crippen molar-refractivity contribution in [3.05, 3.63) is 95.6 Å². The van der Waals surface area contributed by atoms with E-state index >= 15 is 0 Å². The van der Waals surface area contributed by atoms with Gasteiger partial charge < -0.3 is 0 Å². The minimum Gasteiger partial charge on any atom is -0.262 e. The molecule has 0 amide bonds. The molecule has 0 aliphatic carbocycles. The Morgan fingerprint density at radius 2 is 1.48 bits per heavy atom. The topological polar surface area (TPSA) is 37.4 Å². The number of hydrogen-bond acceptors (Lipinski definition) is 2. The van der Waals surface area contributed by atoms with E-state index in [4.69, 9.17) is 0 Å². The van der Waals surface area contributed by atoms with Gasteiger partial charge in [-0.05, 0) is 54.8 Å². The summed E-state index contributed by atoms with van der Waals surface area (Å²) in [7, 11) is -3.66. The van der Waals surface area contributed by atoms with Crippen molar-refractivity contribution in [2.45, 2.75) is 25.3 Å². The summed E-state index contributed by atoms with van der Waals surface area (Å²) in [4.78, 5) is 0.310. The fraction of sp³-hybridized carbons (Fsp3) is 0.143. The van der Waals surface area contributed by atoms with Gasteiger partial charge in [-0.1, -0.05) is 54.6 Å². The molecule has 3 rings (SSSR count). The van der Waals surface area contributed by atoms with E-state index in [1.807, 2.05) is 74.5 Å². The number of sulfonamides is 1. The van der Waals surface area contributed by atoms with Crippen molar-refractivity contribution in [1.29, 1.82) is 0 Å². The van der Waals surface area contributed by atoms with E-state index in [-0.39, 0.29) is 0 Å². The summed E-state index contributed by atoms with van der Waals surface area (Å²) in [5, 5.41) is 0. The Morgan fingerprint density at radius 3 is 2.16 bits per heavy atom. The molecule has 0 aliphatic rings. The molecule has 0 atom stereocenters. The standard InChI is InChI=1S/C21H21NO2S/c1-17-9-8-14-21(15-17)25(23,24)22(20-12-4-3-5-13-20)16-19-11-7-6-10-18(19)2/h3-15H,16H2,1-2H3. The Bertz CT molecular complexity index is 966. The monoisotopic (exact) mass is 351 g/mol. The molecule has 0 bridgehead atoms. The normalized spacial score (nSPS) is 11.3. The third-order valence-corrected chi connectivity index (χ3v) is 5.97. The fourth-order valence-corrected chi connectivity index (χ4v) is 4.30. The molecule has 25 heavy (non-hydrogen) atoms. The second-order valence-electron chi connectivity index (χ2n) is 6.09. The number of para-hydroxylation sites is 1. The van der Waals surface area contributed by atoms with E-state index in [0.717, 1.165) is 16.7 Å². The van der Waals surface area contributed by atoms with E-state index in [0.29, 0.717) is 17.1 Å². The van der Waals surface area contributed by atoms with Gasteiger partial charge in [-0.3, -0.25) is 4.31 Å². The van der Waals surface area contributed by atoms with Crippen LogP contribution < -0.4 is 4.31 Å². The van der Waals surface area contributed by atoms with Gasteiger partial charge in [0, 0.05) is 0 Å². The molecule has 4 heteroatoms. The van der Waals surface area contributed by atoms with Crippen molar-refractivity contribution in [2.24, 2.45) is 0 Å². The van der Waals surface area contributed by atoms with Crippen molar-refractivity contribution >= 4 is 15.7 Å². The van der Waals surface area contributed by atoms with E-state index in [9.17, 15) is 8.42 Å². The first-order valence-corrected chi connectivity index (χ1v) is 9.61. The third-order valence-electron chi connectivity index (χ3n) is 4.20. The minimum atomic E-state index is -3.66. The quantitative estimate of drug-likeness (QED) is 0.668. The molecule has 3 aromatic carbocycles. The van der Waals surface area contributed by atoms with Crippen molar-refractivity contribution in [2.75, 3.05) is 4.31 Å². The first-order chi connectivity index (χ1) is 12.0. The van der Waals surface area contributed by atoms with Crippen molar-refractivity contribution < 1.29 is 8.42 Å². The Labute approximate surface area is 149 Å². The number of benzene rings is 3. The van der Waals surface area contributed by atoms with Crippen LogP contribution in [-0.2, 0) is 16.6 Å². The predicted molar refractivity (Wildman–Crippen MR) is 102 cm³/mol. The highest BCUT2D eigenvalue weighted by molar-refractivity contribution is 7.92. The van der Waals surface area contributed by atoms with Crippen LogP contribution in [0.1, 0.15) is 16.7 Å². The summed E-state index contributed by atoms with van der Waals surface area (Å²) in [6.07, 6.45) is 0. The molecule has 0 heterocycles. The Balaban J connectivity index is 2.10. The largest absolute Gasteiger partial charge is 0.264 e. The second-order valence-corrected chi connectivity index (χ2v) is 7.95. The zero-order valence-electron chi connectivity index (χ0n) is 14.4. The molecule has 3 aromatic rings. The number of anilines is 1. The Kier molecular flexibility index (Phi) is 4.91. The molecule has 0 unspecified atom stereocenters. The van der Waals surface area contributed by atoms with Gasteiger partial charge in [-0.25, -0.2) is 8.42 Å². The molecule has 3 nitrogen and oxygen atoms in total. The summed E-state index contributed by atoms with van der Waals surface area (Å²) in [6.45, 7) is 4.19. The van der Waals surface area contributed by atoms with Gasteiger partial charge >= 0.3 is 0 Å². The number of rotatable bonds is 5. The lowest BCUT2D eigenvalue weighted by Gasteiger charge is -2.25. The summed E-state index contributed by atoms with van der Waals surface area (Å²) in [6, 6.07) is 24.1. The molecule has 0 radical (unpaired) electrons. The maximum absolute atomic E-state index is 13.3. The van der Waals surface area contributed by atoms with Crippen molar-refractivity contribution in [1.82, 2.24) is 0 Å². The maximum Gasteiger partial charge on any atom is 0.264 e. The second kappa shape index (κ2) is 7.11. The van der Waals surface area contributed by atoms with E-state index in [1.54, 1.807) is 18.2 Å². The number of nitrogens with zero attached hydrogens (tertiary/aromatic N) is 1. The molecular weight excluding hydrogens is 330 g/mol. The molecule has 0 aliphatic heterocycles. The van der Waals surface area contributed by atoms with Crippen molar-refractivity contribution in [3.8, 4) is 0 Å². The average molecular weight is 351 g/mol. The summed E-state index contributed by atoms with van der Waals surface area (Å²) < 4.78 is 28.1. The van der Waals surface area contributed by atoms with Gasteiger partial charge in [0.15, 0.2) is 0 Å². The molecular formula is C21H21NO2S. The van der Waals surface area contributed by atoms with Crippen LogP contribution in [0, 0.1) is 13.8 Å². The van der Waals surface area contributed by atoms with Crippen LogP contribution in [0.2, 0.25) is 0 Å². The van der Waals surface area contributed by atoms with Gasteiger partial charge in [0.1, 0.15) is 0 Å². The smallest absolute Gasteiger partial charge is 0.262 e. The lowest BCUT2D eigenvalue weighted by Crippen LogP contribution is -2.30. The van der Waals surface area contributed by atoms with Gasteiger partial charge in [0.05, 0.1) is 17.1 Å². The molecule has 0 fully saturated rings. The Morgan fingerprint density at radius 1 is 0.800 bits per heavy atom. The van der Waals surface area contributed by atoms with Gasteiger partial charge in [0.2, 0.25) is 0 Å². The molecule has 128 valence electrons. The van der Waals surface area contributed by atoms with Crippen LogP contribution in [0.25, 0.3) is 0 Å². The lowest BCUT2D eigenvalue weighted by atomic mass is 10.1. The Hall–Kier alpha value is -2.59. The van der Waals surface area contributed by atoms with E-state index in [2.05, 4.69) is 0 Å². The highest BCUT2D eigenvalue weighted by Gasteiger charge is 2.25. The van der Waals surface area contributed by atoms with Crippen LogP contribution in [0.5, 0.6) is 0 Å². The molecule has 0 saturated heterocycles. The molecule has 0 saturated carbocycles. The van der Waals surface area contributed by atoms with Gasteiger partial charge in [-0.2, -0.15) is 0 Å². The average Bonchev–Trinajstić information content (AvgIpc) is 2.61. The lowest BCUT2D eigenvalue weighted by molar-refractivity contribution is 0.590. The molecule has 0 aromatic heterocycles. The van der Waals surface area contributed by atoms with Crippen molar-refractivity contribution in [3.63, 3.8) is 0 Å². The highest BCUT2D eigenvalue weighted by atomic mass is 32.2. The zero-order chi connectivity index (χ0) is 17.9. The summed E-state index contributed by atoms with van der Waals surface area (Å²) >= 11 is 0. The van der Waals surface area contributed by atoms with Crippen LogP contribution in [-0.4, -0.2) is 8.42 Å². The van der Waals surface area contributed by atoms with Crippen LogP contribution in [0.3, 0.4) is 0 Å². The molecule has 0 spiro atoms. The van der Waals surface area contributed by atoms with Crippen LogP contribution in [0.4, 0.5) is 5.69 Å². The SMILES string of the molecule is Cc1cccc(S(=O)(=O)N(Cc2ccccc2C)c2ccccc2)c1. The van der Waals surface area contributed by atoms with E-state index in [1.165, 1.54) is 4.31 Å². The third kappa shape index (κ3) is 3.74. The van der Waals surface area contributed by atoms with Gasteiger partial charge in [0.25, 0.3) is 10.0 Å². The van der Waals surface area contributed by atoms with Crippen LogP contribution in [0.15, 0.2) is 83.8 Å². The van der Waals surface area contributed by atoms with Gasteiger partial charge in [-0.15, -0.1) is 0 Å². The van der Waals surface area contributed by atoms with E-state index < -0.39 is 10.0 Å². The number of aryl methyl sites for hydroxylation is 2.